The molecule has 1 unspecified atom stereocenters. The molecule has 0 fully saturated rings. The van der Waals surface area contributed by atoms with Crippen molar-refractivity contribution in [2.45, 2.75) is 13.0 Å². The summed E-state index contributed by atoms with van der Waals surface area (Å²) < 4.78 is 1.68. The van der Waals surface area contributed by atoms with Crippen LogP contribution in [0.3, 0.4) is 0 Å². The second-order valence-electron chi connectivity index (χ2n) is 2.05. The third-order valence-electron chi connectivity index (χ3n) is 0.982. The zero-order chi connectivity index (χ0) is 9.89. The van der Waals surface area contributed by atoms with E-state index < -0.39 is 18.0 Å². The lowest BCUT2D eigenvalue weighted by molar-refractivity contribution is -0.131. The number of nitrogens with zero attached hydrogens (tertiary/aromatic N) is 2. The molecule has 1 N–H and O–H groups in total. The molecule has 0 aromatic heterocycles. The monoisotopic (exact) mass is 302 g/mol. The molecule has 1 atom stereocenters. The van der Waals surface area contributed by atoms with Gasteiger partial charge in [0.05, 0.1) is 32.3 Å². The molecule has 0 radical (unpaired) electrons. The molecule has 0 rings (SSSR count). The normalized spacial score (nSPS) is 12.1. The van der Waals surface area contributed by atoms with Crippen molar-refractivity contribution in [3.63, 3.8) is 0 Å². The smallest absolute Gasteiger partial charge is 0.346 e. The number of hydrogen-bond donors (Lipinski definition) is 1. The molecule has 0 aliphatic heterocycles. The van der Waals surface area contributed by atoms with Crippen LogP contribution in [-0.2, 0) is 4.79 Å². The van der Waals surface area contributed by atoms with Gasteiger partial charge in [0.15, 0.2) is 0 Å². The Morgan fingerprint density at radius 2 is 1.83 bits per heavy atom. The van der Waals surface area contributed by atoms with Crippen LogP contribution in [0.5, 0.6) is 0 Å². The lowest BCUT2D eigenvalue weighted by Gasteiger charge is -2.16. The fourth-order valence-corrected chi connectivity index (χ4v) is 1.28. The van der Waals surface area contributed by atoms with Crippen molar-refractivity contribution in [1.29, 1.82) is 0 Å². The van der Waals surface area contributed by atoms with Crippen molar-refractivity contribution in [1.82, 2.24) is 7.85 Å². The van der Waals surface area contributed by atoms with Crippen molar-refractivity contribution in [2.75, 3.05) is 7.05 Å². The van der Waals surface area contributed by atoms with E-state index in [1.165, 1.54) is 14.0 Å². The minimum Gasteiger partial charge on any atom is -0.384 e. The maximum atomic E-state index is 11.0. The Kier molecular flexibility index (Phi) is 4.73. The van der Waals surface area contributed by atoms with Crippen LogP contribution >= 0.6 is 32.3 Å². The highest BCUT2D eigenvalue weighted by molar-refractivity contribution is 9.08. The fourth-order valence-electron chi connectivity index (χ4n) is 0.379. The number of amides is 3. The summed E-state index contributed by atoms with van der Waals surface area (Å²) in [5, 5.41) is 8.81. The van der Waals surface area contributed by atoms with Crippen molar-refractivity contribution in [3.05, 3.63) is 0 Å². The molecule has 70 valence electrons. The third-order valence-corrected chi connectivity index (χ3v) is 1.94. The number of aliphatic hydroxyl groups is 1. The average Bonchev–Trinajstić information content (AvgIpc) is 2.00. The van der Waals surface area contributed by atoms with Crippen LogP contribution in [0.15, 0.2) is 0 Å². The third kappa shape index (κ3) is 3.08. The van der Waals surface area contributed by atoms with Gasteiger partial charge in [-0.3, -0.25) is 8.72 Å². The van der Waals surface area contributed by atoms with Crippen LogP contribution in [-0.4, -0.2) is 38.0 Å². The Labute approximate surface area is 87.0 Å². The summed E-state index contributed by atoms with van der Waals surface area (Å²) in [7, 11) is 1.42. The highest BCUT2D eigenvalue weighted by Gasteiger charge is 2.24. The molecule has 7 heteroatoms. The molecule has 3 amide bonds. The number of carbonyl (C=O) groups excluding carboxylic acids is 2. The minimum atomic E-state index is -1.21. The second kappa shape index (κ2) is 4.78. The van der Waals surface area contributed by atoms with Gasteiger partial charge in [-0.25, -0.2) is 4.79 Å². The summed E-state index contributed by atoms with van der Waals surface area (Å²) in [4.78, 5) is 22.0. The minimum absolute atomic E-state index is 0.610. The molecule has 0 bridgehead atoms. The number of halogens is 2. The van der Waals surface area contributed by atoms with Crippen molar-refractivity contribution < 1.29 is 14.7 Å². The second-order valence-corrected chi connectivity index (χ2v) is 3.83. The van der Waals surface area contributed by atoms with E-state index in [0.717, 1.165) is 3.93 Å². The van der Waals surface area contributed by atoms with Crippen LogP contribution in [0.1, 0.15) is 6.92 Å². The SMILES string of the molecule is CC(O)C(=O)N(Br)C(=O)N(C)Br. The highest BCUT2D eigenvalue weighted by Crippen LogP contribution is 2.08. The van der Waals surface area contributed by atoms with Gasteiger partial charge in [0.2, 0.25) is 0 Å². The predicted molar refractivity (Wildman–Crippen MR) is 49.5 cm³/mol. The van der Waals surface area contributed by atoms with E-state index in [9.17, 15) is 9.59 Å². The van der Waals surface area contributed by atoms with E-state index in [-0.39, 0.29) is 0 Å². The summed E-state index contributed by atoms with van der Waals surface area (Å²) in [6.07, 6.45) is -1.21. The van der Waals surface area contributed by atoms with Gasteiger partial charge in [-0.1, -0.05) is 0 Å². The Bertz CT molecular complexity index is 175. The first kappa shape index (κ1) is 11.9. The first-order valence-corrected chi connectivity index (χ1v) is 4.41. The molecule has 0 aliphatic rings. The molecule has 0 saturated heterocycles. The van der Waals surface area contributed by atoms with E-state index in [1.807, 2.05) is 0 Å². The zero-order valence-electron chi connectivity index (χ0n) is 6.49. The first-order valence-electron chi connectivity index (χ1n) is 2.99. The summed E-state index contributed by atoms with van der Waals surface area (Å²) in [6, 6.07) is -0.610. The predicted octanol–water partition coefficient (Wildman–Crippen LogP) is 0.867. The fraction of sp³-hybridized carbons (Fsp3) is 0.600. The summed E-state index contributed by atoms with van der Waals surface area (Å²) >= 11 is 5.55. The molecule has 12 heavy (non-hydrogen) atoms. The van der Waals surface area contributed by atoms with E-state index >= 15 is 0 Å². The van der Waals surface area contributed by atoms with Crippen molar-refractivity contribution >= 4 is 44.2 Å². The Hall–Kier alpha value is -0.140. The van der Waals surface area contributed by atoms with E-state index in [4.69, 9.17) is 5.11 Å². The summed E-state index contributed by atoms with van der Waals surface area (Å²) in [6.45, 7) is 1.28. The Morgan fingerprint density at radius 1 is 1.42 bits per heavy atom. The molecule has 0 aromatic rings. The average molecular weight is 304 g/mol. The molecule has 5 nitrogen and oxygen atoms in total. The number of urea groups is 1. The topological polar surface area (TPSA) is 60.9 Å². The van der Waals surface area contributed by atoms with E-state index in [1.54, 1.807) is 0 Å². The largest absolute Gasteiger partial charge is 0.384 e. The van der Waals surface area contributed by atoms with Crippen LogP contribution in [0.2, 0.25) is 0 Å². The molecule has 0 saturated carbocycles. The number of carbonyl (C=O) groups is 2. The Morgan fingerprint density at radius 3 is 2.08 bits per heavy atom. The number of aliphatic hydroxyl groups excluding tert-OH is 1. The first-order chi connectivity index (χ1) is 5.37. The number of rotatable bonds is 1. The van der Waals surface area contributed by atoms with Crippen molar-refractivity contribution in [3.8, 4) is 0 Å². The van der Waals surface area contributed by atoms with Gasteiger partial charge >= 0.3 is 6.03 Å². The quantitative estimate of drug-likeness (QED) is 0.731. The lowest BCUT2D eigenvalue weighted by Crippen LogP contribution is -2.38. The molecule has 0 heterocycles. The Balaban J connectivity index is 4.30. The van der Waals surface area contributed by atoms with Gasteiger partial charge in [0.1, 0.15) is 6.10 Å². The van der Waals surface area contributed by atoms with Gasteiger partial charge in [0, 0.05) is 7.05 Å². The van der Waals surface area contributed by atoms with Crippen LogP contribution in [0, 0.1) is 0 Å². The maximum Gasteiger partial charge on any atom is 0.346 e. The highest BCUT2D eigenvalue weighted by atomic mass is 79.9. The molecule has 0 aromatic carbocycles. The van der Waals surface area contributed by atoms with Gasteiger partial charge in [-0.15, -0.1) is 0 Å². The summed E-state index contributed by atoms with van der Waals surface area (Å²) in [5.41, 5.74) is 0. The van der Waals surface area contributed by atoms with Crippen LogP contribution in [0.25, 0.3) is 0 Å². The van der Waals surface area contributed by atoms with E-state index in [2.05, 4.69) is 32.3 Å². The van der Waals surface area contributed by atoms with Gasteiger partial charge in [0.25, 0.3) is 5.91 Å². The standard InChI is InChI=1S/C5H8Br2N2O3/c1-3(10)4(11)9(7)5(12)8(2)6/h3,10H,1-2H3. The van der Waals surface area contributed by atoms with E-state index in [0.29, 0.717) is 3.93 Å². The molecular formula is C5H8Br2N2O3. The van der Waals surface area contributed by atoms with Crippen LogP contribution in [0.4, 0.5) is 4.79 Å². The molecule has 0 aliphatic carbocycles. The van der Waals surface area contributed by atoms with Gasteiger partial charge in [-0.2, -0.15) is 3.93 Å². The number of imide groups is 1. The zero-order valence-corrected chi connectivity index (χ0v) is 9.66. The van der Waals surface area contributed by atoms with Crippen molar-refractivity contribution in [2.24, 2.45) is 0 Å². The summed E-state index contributed by atoms with van der Waals surface area (Å²) in [5.74, 6) is -0.716. The van der Waals surface area contributed by atoms with Crippen LogP contribution < -0.4 is 0 Å². The molecule has 0 spiro atoms. The van der Waals surface area contributed by atoms with Gasteiger partial charge < -0.3 is 5.11 Å². The maximum absolute atomic E-state index is 11.0. The molecular weight excluding hydrogens is 296 g/mol. The van der Waals surface area contributed by atoms with Gasteiger partial charge in [-0.05, 0) is 6.92 Å². The number of hydrogen-bond acceptors (Lipinski definition) is 3. The lowest BCUT2D eigenvalue weighted by atomic mass is 10.4.